The van der Waals surface area contributed by atoms with Gasteiger partial charge in [0.05, 0.1) is 12.5 Å². The van der Waals surface area contributed by atoms with Crippen molar-refractivity contribution in [3.8, 4) is 0 Å². The molecule has 2 amide bonds. The minimum absolute atomic E-state index is 0.0556. The molecule has 8 heteroatoms. The normalized spacial score (nSPS) is 13.2. The Hall–Kier alpha value is -2.51. The monoisotopic (exact) mass is 356 g/mol. The molecule has 0 aliphatic carbocycles. The maximum atomic E-state index is 13.7. The highest BCUT2D eigenvalue weighted by molar-refractivity contribution is 5.90. The van der Waals surface area contributed by atoms with Crippen molar-refractivity contribution in [2.75, 3.05) is 6.54 Å². The number of carboxylic acid groups (broad SMARTS) is 1. The average molecular weight is 356 g/mol. The van der Waals surface area contributed by atoms with Crippen LogP contribution in [-0.2, 0) is 14.4 Å². The van der Waals surface area contributed by atoms with Crippen molar-refractivity contribution in [3.63, 3.8) is 0 Å². The second-order valence-electron chi connectivity index (χ2n) is 6.16. The number of nitrogens with one attached hydrogen (secondary N) is 2. The number of hydrogen-bond acceptors (Lipinski definition) is 3. The fourth-order valence-corrected chi connectivity index (χ4v) is 2.31. The number of carbonyl (C=O) groups excluding carboxylic acids is 2. The third-order valence-electron chi connectivity index (χ3n) is 3.59. The minimum atomic E-state index is -1.17. The lowest BCUT2D eigenvalue weighted by atomic mass is 9.99. The zero-order valence-corrected chi connectivity index (χ0v) is 14.3. The first-order chi connectivity index (χ1) is 11.6. The van der Waals surface area contributed by atoms with E-state index >= 15 is 0 Å². The quantitative estimate of drug-likeness (QED) is 0.662. The molecule has 138 valence electrons. The number of aliphatic carboxylic acids is 1. The van der Waals surface area contributed by atoms with E-state index in [1.165, 1.54) is 13.0 Å². The number of carboxylic acids is 1. The molecule has 25 heavy (non-hydrogen) atoms. The molecule has 1 aromatic rings. The maximum Gasteiger partial charge on any atom is 0.326 e. The molecule has 0 aromatic heterocycles. The highest BCUT2D eigenvalue weighted by Gasteiger charge is 2.24. The molecule has 0 bridgehead atoms. The van der Waals surface area contributed by atoms with E-state index in [4.69, 9.17) is 5.11 Å². The van der Waals surface area contributed by atoms with Crippen LogP contribution in [0.2, 0.25) is 0 Å². The van der Waals surface area contributed by atoms with Gasteiger partial charge < -0.3 is 15.7 Å². The zero-order chi connectivity index (χ0) is 19.1. The van der Waals surface area contributed by atoms with Crippen LogP contribution in [0.1, 0.15) is 38.7 Å². The van der Waals surface area contributed by atoms with Gasteiger partial charge in [-0.2, -0.15) is 0 Å². The molecule has 1 aromatic carbocycles. The summed E-state index contributed by atoms with van der Waals surface area (Å²) in [5.74, 6) is -5.39. The van der Waals surface area contributed by atoms with Gasteiger partial charge >= 0.3 is 5.97 Å². The maximum absolute atomic E-state index is 13.7. The topological polar surface area (TPSA) is 95.5 Å². The van der Waals surface area contributed by atoms with Gasteiger partial charge in [0, 0.05) is 5.56 Å². The number of halogens is 2. The summed E-state index contributed by atoms with van der Waals surface area (Å²) in [5, 5.41) is 13.6. The van der Waals surface area contributed by atoms with Crippen LogP contribution in [0.25, 0.3) is 0 Å². The number of benzene rings is 1. The van der Waals surface area contributed by atoms with Crippen LogP contribution >= 0.6 is 0 Å². The summed E-state index contributed by atoms with van der Waals surface area (Å²) >= 11 is 0. The highest BCUT2D eigenvalue weighted by atomic mass is 19.1. The highest BCUT2D eigenvalue weighted by Crippen LogP contribution is 2.22. The molecule has 2 atom stereocenters. The van der Waals surface area contributed by atoms with Gasteiger partial charge in [-0.25, -0.2) is 13.6 Å². The minimum Gasteiger partial charge on any atom is -0.480 e. The number of rotatable bonds is 8. The summed E-state index contributed by atoms with van der Waals surface area (Å²) in [5.41, 5.74) is -0.386. The largest absolute Gasteiger partial charge is 0.480 e. The molecule has 0 aliphatic rings. The van der Waals surface area contributed by atoms with Crippen LogP contribution in [-0.4, -0.2) is 35.5 Å². The lowest BCUT2D eigenvalue weighted by Gasteiger charge is -2.17. The van der Waals surface area contributed by atoms with Gasteiger partial charge in [-0.15, -0.1) is 0 Å². The molecular formula is C17H22F2N2O4. The Morgan fingerprint density at radius 3 is 2.16 bits per heavy atom. The first kappa shape index (κ1) is 20.5. The lowest BCUT2D eigenvalue weighted by Crippen LogP contribution is -2.46. The summed E-state index contributed by atoms with van der Waals surface area (Å²) in [7, 11) is 0. The fourth-order valence-electron chi connectivity index (χ4n) is 2.31. The summed E-state index contributed by atoms with van der Waals surface area (Å²) in [4.78, 5) is 34.9. The smallest absolute Gasteiger partial charge is 0.326 e. The molecule has 0 saturated carbocycles. The van der Waals surface area contributed by atoms with Gasteiger partial charge in [0.1, 0.15) is 17.7 Å². The predicted molar refractivity (Wildman–Crippen MR) is 86.8 cm³/mol. The predicted octanol–water partition coefficient (Wildman–Crippen LogP) is 1.80. The van der Waals surface area contributed by atoms with Crippen molar-refractivity contribution in [2.24, 2.45) is 5.92 Å². The molecule has 0 fully saturated rings. The van der Waals surface area contributed by atoms with Crippen molar-refractivity contribution >= 4 is 17.8 Å². The van der Waals surface area contributed by atoms with Crippen LogP contribution in [0.4, 0.5) is 8.78 Å². The Balaban J connectivity index is 2.63. The van der Waals surface area contributed by atoms with Gasteiger partial charge in [-0.1, -0.05) is 19.9 Å². The van der Waals surface area contributed by atoms with E-state index < -0.39 is 47.9 Å². The van der Waals surface area contributed by atoms with Crippen molar-refractivity contribution in [2.45, 2.75) is 39.2 Å². The van der Waals surface area contributed by atoms with Gasteiger partial charge in [-0.3, -0.25) is 9.59 Å². The third kappa shape index (κ3) is 6.13. The zero-order valence-electron chi connectivity index (χ0n) is 14.3. The van der Waals surface area contributed by atoms with E-state index in [0.29, 0.717) is 0 Å². The fraction of sp³-hybridized carbons (Fsp3) is 0.471. The standard InChI is InChI=1S/C17H22F2N2O4/c1-9(2)7-13(17(24)25)21-14(22)8-20-16(23)10(3)15-11(18)5-4-6-12(15)19/h4-6,9-10,13H,7-8H2,1-3H3,(H,20,23)(H,21,22)(H,24,25)/t10?,13-/m0/s1. The van der Waals surface area contributed by atoms with E-state index in [-0.39, 0.29) is 17.9 Å². The molecule has 0 saturated heterocycles. The molecule has 1 rings (SSSR count). The third-order valence-corrected chi connectivity index (χ3v) is 3.59. The first-order valence-corrected chi connectivity index (χ1v) is 7.87. The van der Waals surface area contributed by atoms with E-state index in [1.54, 1.807) is 0 Å². The molecule has 3 N–H and O–H groups in total. The Kier molecular flexibility index (Phi) is 7.47. The first-order valence-electron chi connectivity index (χ1n) is 7.87. The number of hydrogen-bond donors (Lipinski definition) is 3. The molecule has 1 unspecified atom stereocenters. The molecule has 0 spiro atoms. The molecular weight excluding hydrogens is 334 g/mol. The second kappa shape index (κ2) is 9.10. The van der Waals surface area contributed by atoms with Crippen LogP contribution in [0.3, 0.4) is 0 Å². The van der Waals surface area contributed by atoms with Crippen LogP contribution < -0.4 is 10.6 Å². The van der Waals surface area contributed by atoms with Crippen molar-refractivity contribution < 1.29 is 28.3 Å². The van der Waals surface area contributed by atoms with Crippen LogP contribution in [0, 0.1) is 17.6 Å². The van der Waals surface area contributed by atoms with Gasteiger partial charge in [-0.05, 0) is 31.4 Å². The second-order valence-corrected chi connectivity index (χ2v) is 6.16. The molecule has 0 heterocycles. The van der Waals surface area contributed by atoms with E-state index in [0.717, 1.165) is 12.1 Å². The van der Waals surface area contributed by atoms with Crippen LogP contribution in [0.15, 0.2) is 18.2 Å². The van der Waals surface area contributed by atoms with Crippen molar-refractivity contribution in [3.05, 3.63) is 35.4 Å². The number of carbonyl (C=O) groups is 3. The summed E-state index contributed by atoms with van der Waals surface area (Å²) in [6.07, 6.45) is 0.242. The lowest BCUT2D eigenvalue weighted by molar-refractivity contribution is -0.142. The SMILES string of the molecule is CC(C)C[C@H](NC(=O)CNC(=O)C(C)c1c(F)cccc1F)C(=O)O. The molecule has 6 nitrogen and oxygen atoms in total. The Morgan fingerprint density at radius 1 is 1.12 bits per heavy atom. The van der Waals surface area contributed by atoms with Crippen molar-refractivity contribution in [1.29, 1.82) is 0 Å². The van der Waals surface area contributed by atoms with Crippen LogP contribution in [0.5, 0.6) is 0 Å². The van der Waals surface area contributed by atoms with E-state index in [2.05, 4.69) is 10.6 Å². The summed E-state index contributed by atoms with van der Waals surface area (Å²) in [6, 6.07) is 2.20. The summed E-state index contributed by atoms with van der Waals surface area (Å²) < 4.78 is 27.4. The van der Waals surface area contributed by atoms with E-state index in [9.17, 15) is 23.2 Å². The Bertz CT molecular complexity index is 629. The van der Waals surface area contributed by atoms with Gasteiger partial charge in [0.15, 0.2) is 0 Å². The number of amides is 2. The molecule has 0 radical (unpaired) electrons. The van der Waals surface area contributed by atoms with E-state index in [1.807, 2.05) is 13.8 Å². The van der Waals surface area contributed by atoms with Gasteiger partial charge in [0.2, 0.25) is 11.8 Å². The average Bonchev–Trinajstić information content (AvgIpc) is 2.51. The Labute approximate surface area is 144 Å². The summed E-state index contributed by atoms with van der Waals surface area (Å²) in [6.45, 7) is 4.46. The Morgan fingerprint density at radius 2 is 1.68 bits per heavy atom. The molecule has 0 aliphatic heterocycles. The van der Waals surface area contributed by atoms with Crippen molar-refractivity contribution in [1.82, 2.24) is 10.6 Å². The van der Waals surface area contributed by atoms with Gasteiger partial charge in [0.25, 0.3) is 0 Å².